The van der Waals surface area contributed by atoms with Crippen LogP contribution in [0.25, 0.3) is 11.3 Å². The Morgan fingerprint density at radius 1 is 1.07 bits per heavy atom. The molecular weight excluding hydrogens is 340 g/mol. The molecule has 0 saturated heterocycles. The molecule has 6 heteroatoms. The molecule has 3 heterocycles. The van der Waals surface area contributed by atoms with Crippen molar-refractivity contribution in [3.63, 3.8) is 0 Å². The van der Waals surface area contributed by atoms with E-state index in [1.54, 1.807) is 0 Å². The molecular formula is C21H26N4O2. The van der Waals surface area contributed by atoms with Gasteiger partial charge in [0, 0.05) is 24.3 Å². The number of rotatable bonds is 6. The molecule has 0 amide bonds. The maximum atomic E-state index is 5.70. The quantitative estimate of drug-likeness (QED) is 0.666. The predicted octanol–water partition coefficient (Wildman–Crippen LogP) is 3.79. The van der Waals surface area contributed by atoms with Crippen molar-refractivity contribution >= 4 is 0 Å². The highest BCUT2D eigenvalue weighted by atomic mass is 16.6. The Morgan fingerprint density at radius 3 is 2.70 bits per heavy atom. The van der Waals surface area contributed by atoms with Gasteiger partial charge in [0.2, 0.25) is 0 Å². The first kappa shape index (κ1) is 17.6. The van der Waals surface area contributed by atoms with Crippen LogP contribution in [-0.2, 0) is 19.5 Å². The standard InChI is InChI=1S/C21H26N4O2/c1-4-8-25-16(3)21(15(2)23-25)18-13-22-14-24(18)9-7-17-5-6-19-20(12-17)27-11-10-26-19/h5-6,12-14H,4,7-11H2,1-3H3. The van der Waals surface area contributed by atoms with E-state index in [9.17, 15) is 0 Å². The van der Waals surface area contributed by atoms with E-state index in [-0.39, 0.29) is 0 Å². The molecule has 0 bridgehead atoms. The fourth-order valence-corrected chi connectivity index (χ4v) is 3.70. The highest BCUT2D eigenvalue weighted by molar-refractivity contribution is 5.64. The van der Waals surface area contributed by atoms with Crippen LogP contribution < -0.4 is 9.47 Å². The molecule has 142 valence electrons. The fourth-order valence-electron chi connectivity index (χ4n) is 3.70. The summed E-state index contributed by atoms with van der Waals surface area (Å²) in [5, 5.41) is 4.71. The molecule has 6 nitrogen and oxygen atoms in total. The second-order valence-electron chi connectivity index (χ2n) is 6.97. The Bertz CT molecular complexity index is 942. The van der Waals surface area contributed by atoms with Crippen LogP contribution in [0.4, 0.5) is 0 Å². The van der Waals surface area contributed by atoms with Gasteiger partial charge in [-0.05, 0) is 44.4 Å². The molecule has 0 atom stereocenters. The first-order chi connectivity index (χ1) is 13.2. The molecule has 2 aromatic heterocycles. The van der Waals surface area contributed by atoms with E-state index in [4.69, 9.17) is 14.6 Å². The number of hydrogen-bond acceptors (Lipinski definition) is 4. The van der Waals surface area contributed by atoms with Crippen molar-refractivity contribution in [2.24, 2.45) is 0 Å². The van der Waals surface area contributed by atoms with Crippen molar-refractivity contribution in [2.45, 2.75) is 46.7 Å². The van der Waals surface area contributed by atoms with Crippen molar-refractivity contribution in [3.8, 4) is 22.8 Å². The van der Waals surface area contributed by atoms with Crippen molar-refractivity contribution in [1.82, 2.24) is 19.3 Å². The minimum Gasteiger partial charge on any atom is -0.486 e. The van der Waals surface area contributed by atoms with Gasteiger partial charge in [-0.25, -0.2) is 4.98 Å². The van der Waals surface area contributed by atoms with Gasteiger partial charge in [0.15, 0.2) is 11.5 Å². The van der Waals surface area contributed by atoms with Gasteiger partial charge in [-0.2, -0.15) is 5.10 Å². The normalized spacial score (nSPS) is 13.1. The Kier molecular flexibility index (Phi) is 4.88. The van der Waals surface area contributed by atoms with E-state index >= 15 is 0 Å². The topological polar surface area (TPSA) is 54.1 Å². The van der Waals surface area contributed by atoms with E-state index in [1.807, 2.05) is 18.6 Å². The molecule has 1 aromatic carbocycles. The number of imidazole rings is 1. The maximum Gasteiger partial charge on any atom is 0.161 e. The van der Waals surface area contributed by atoms with Crippen LogP contribution in [0.1, 0.15) is 30.3 Å². The van der Waals surface area contributed by atoms with Crippen LogP contribution in [0.3, 0.4) is 0 Å². The molecule has 0 aliphatic carbocycles. The molecule has 0 unspecified atom stereocenters. The monoisotopic (exact) mass is 366 g/mol. The first-order valence-corrected chi connectivity index (χ1v) is 9.60. The molecule has 4 rings (SSSR count). The van der Waals surface area contributed by atoms with E-state index in [2.05, 4.69) is 47.1 Å². The smallest absolute Gasteiger partial charge is 0.161 e. The van der Waals surface area contributed by atoms with E-state index in [0.717, 1.165) is 48.8 Å². The molecule has 0 spiro atoms. The van der Waals surface area contributed by atoms with Gasteiger partial charge in [0.05, 0.1) is 23.9 Å². The van der Waals surface area contributed by atoms with Gasteiger partial charge in [-0.3, -0.25) is 4.68 Å². The van der Waals surface area contributed by atoms with Crippen molar-refractivity contribution in [2.75, 3.05) is 13.2 Å². The van der Waals surface area contributed by atoms with E-state index in [1.165, 1.54) is 16.8 Å². The van der Waals surface area contributed by atoms with Gasteiger partial charge in [0.1, 0.15) is 13.2 Å². The number of fused-ring (bicyclic) bond motifs is 1. The number of nitrogens with zero attached hydrogens (tertiary/aromatic N) is 4. The molecule has 0 radical (unpaired) electrons. The lowest BCUT2D eigenvalue weighted by Crippen LogP contribution is -2.15. The van der Waals surface area contributed by atoms with E-state index < -0.39 is 0 Å². The van der Waals surface area contributed by atoms with Crippen LogP contribution in [0.15, 0.2) is 30.7 Å². The molecule has 27 heavy (non-hydrogen) atoms. The average molecular weight is 366 g/mol. The largest absolute Gasteiger partial charge is 0.486 e. The molecule has 1 aliphatic heterocycles. The Morgan fingerprint density at radius 2 is 1.89 bits per heavy atom. The van der Waals surface area contributed by atoms with E-state index in [0.29, 0.717) is 13.2 Å². The second-order valence-corrected chi connectivity index (χ2v) is 6.97. The molecule has 3 aromatic rings. The number of hydrogen-bond donors (Lipinski definition) is 0. The summed E-state index contributed by atoms with van der Waals surface area (Å²) in [5.41, 5.74) is 5.82. The highest BCUT2D eigenvalue weighted by Crippen LogP contribution is 2.31. The predicted molar refractivity (Wildman–Crippen MR) is 104 cm³/mol. The Balaban J connectivity index is 1.55. The molecule has 0 fully saturated rings. The van der Waals surface area contributed by atoms with Gasteiger partial charge < -0.3 is 14.0 Å². The third-order valence-corrected chi connectivity index (χ3v) is 5.03. The fraction of sp³-hybridized carbons (Fsp3) is 0.429. The number of aryl methyl sites for hydroxylation is 4. The summed E-state index contributed by atoms with van der Waals surface area (Å²) < 4.78 is 15.6. The van der Waals surface area contributed by atoms with Crippen LogP contribution in [-0.4, -0.2) is 32.5 Å². The summed E-state index contributed by atoms with van der Waals surface area (Å²) in [7, 11) is 0. The van der Waals surface area contributed by atoms with Crippen LogP contribution >= 0.6 is 0 Å². The SMILES string of the molecule is CCCn1nc(C)c(-c2cncn2CCc2ccc3c(c2)OCCO3)c1C. The van der Waals surface area contributed by atoms with Crippen molar-refractivity contribution < 1.29 is 9.47 Å². The highest BCUT2D eigenvalue weighted by Gasteiger charge is 2.17. The molecule has 0 saturated carbocycles. The van der Waals surface area contributed by atoms with Crippen LogP contribution in [0.2, 0.25) is 0 Å². The molecule has 0 N–H and O–H groups in total. The lowest BCUT2D eigenvalue weighted by Gasteiger charge is -2.19. The number of ether oxygens (including phenoxy) is 2. The number of benzene rings is 1. The summed E-state index contributed by atoms with van der Waals surface area (Å²) in [6.07, 6.45) is 5.83. The summed E-state index contributed by atoms with van der Waals surface area (Å²) in [6, 6.07) is 6.20. The van der Waals surface area contributed by atoms with Gasteiger partial charge >= 0.3 is 0 Å². The van der Waals surface area contributed by atoms with Gasteiger partial charge in [-0.1, -0.05) is 13.0 Å². The average Bonchev–Trinajstić information content (AvgIpc) is 3.24. The van der Waals surface area contributed by atoms with Gasteiger partial charge in [-0.15, -0.1) is 0 Å². The third-order valence-electron chi connectivity index (χ3n) is 5.03. The Labute approximate surface area is 159 Å². The van der Waals surface area contributed by atoms with Crippen LogP contribution in [0.5, 0.6) is 11.5 Å². The van der Waals surface area contributed by atoms with Gasteiger partial charge in [0.25, 0.3) is 0 Å². The zero-order valence-corrected chi connectivity index (χ0v) is 16.2. The number of aromatic nitrogens is 4. The first-order valence-electron chi connectivity index (χ1n) is 9.60. The zero-order valence-electron chi connectivity index (χ0n) is 16.2. The Hall–Kier alpha value is -2.76. The summed E-state index contributed by atoms with van der Waals surface area (Å²) in [6.45, 7) is 9.42. The van der Waals surface area contributed by atoms with Crippen molar-refractivity contribution in [3.05, 3.63) is 47.7 Å². The lowest BCUT2D eigenvalue weighted by molar-refractivity contribution is 0.171. The van der Waals surface area contributed by atoms with Crippen LogP contribution in [0, 0.1) is 13.8 Å². The van der Waals surface area contributed by atoms with Crippen molar-refractivity contribution in [1.29, 1.82) is 0 Å². The maximum absolute atomic E-state index is 5.70. The third kappa shape index (κ3) is 3.44. The molecule has 1 aliphatic rings. The second kappa shape index (κ2) is 7.47. The lowest BCUT2D eigenvalue weighted by atomic mass is 10.1. The summed E-state index contributed by atoms with van der Waals surface area (Å²) >= 11 is 0. The summed E-state index contributed by atoms with van der Waals surface area (Å²) in [5.74, 6) is 1.68. The minimum absolute atomic E-state index is 0.614. The zero-order chi connectivity index (χ0) is 18.8. The summed E-state index contributed by atoms with van der Waals surface area (Å²) in [4.78, 5) is 4.40. The minimum atomic E-state index is 0.614.